The number of aliphatic imine (C=N–C) groups is 1. The number of benzene rings is 2. The summed E-state index contributed by atoms with van der Waals surface area (Å²) in [7, 11) is -0.138. The Kier molecular flexibility index (Phi) is 7.01. The zero-order valence-electron chi connectivity index (χ0n) is 19.0. The number of carbonyl (C=O) groups excluding carboxylic acids is 1. The quantitative estimate of drug-likeness (QED) is 0.267. The van der Waals surface area contributed by atoms with Crippen molar-refractivity contribution >= 4 is 62.4 Å². The van der Waals surface area contributed by atoms with Crippen LogP contribution in [0.4, 0.5) is 10.5 Å². The van der Waals surface area contributed by atoms with Crippen LogP contribution in [0.5, 0.6) is 0 Å². The number of fused-ring (bicyclic) bond motifs is 1. The number of thiophene rings is 1. The van der Waals surface area contributed by atoms with Crippen LogP contribution in [0.2, 0.25) is 4.34 Å². The van der Waals surface area contributed by atoms with Gasteiger partial charge in [0.15, 0.2) is 11.0 Å². The Morgan fingerprint density at radius 3 is 2.51 bits per heavy atom. The zero-order chi connectivity index (χ0) is 25.3. The van der Waals surface area contributed by atoms with Gasteiger partial charge >= 0.3 is 6.03 Å². The summed E-state index contributed by atoms with van der Waals surface area (Å²) < 4.78 is 17.3. The largest absolute Gasteiger partial charge is 0.384 e. The number of carbonyl (C=O) groups is 1. The summed E-state index contributed by atoms with van der Waals surface area (Å²) in [6.07, 6.45) is 0. The third-order valence-electron chi connectivity index (χ3n) is 5.15. The Labute approximate surface area is 212 Å². The second-order valence-corrected chi connectivity index (χ2v) is 10.6. The van der Waals surface area contributed by atoms with Gasteiger partial charge in [-0.2, -0.15) is 0 Å². The number of rotatable bonds is 5. The number of hydrogen-bond donors (Lipinski definition) is 3. The molecule has 2 aromatic heterocycles. The van der Waals surface area contributed by atoms with Crippen LogP contribution in [0.25, 0.3) is 16.6 Å². The average Bonchev–Trinajstić information content (AvgIpc) is 3.17. The number of aryl methyl sites for hydroxylation is 2. The van der Waals surface area contributed by atoms with Gasteiger partial charge in [0.25, 0.3) is 5.56 Å². The highest BCUT2D eigenvalue weighted by atomic mass is 35.5. The first kappa shape index (κ1) is 24.6. The van der Waals surface area contributed by atoms with Crippen LogP contribution in [0.1, 0.15) is 17.0 Å². The fourth-order valence-corrected chi connectivity index (χ4v) is 6.01. The molecule has 2 heterocycles. The van der Waals surface area contributed by atoms with Gasteiger partial charge < -0.3 is 11.1 Å². The number of amides is 2. The normalized spacial score (nSPS) is 12.5. The highest BCUT2D eigenvalue weighted by molar-refractivity contribution is 7.86. The number of anilines is 1. The first-order valence-electron chi connectivity index (χ1n) is 10.3. The molecule has 0 aliphatic rings. The first-order chi connectivity index (χ1) is 16.7. The third kappa shape index (κ3) is 5.11. The molecule has 0 fully saturated rings. The number of nitrogens with one attached hydrogen (secondary N) is 2. The number of nitrogens with two attached hydrogens (primary N) is 1. The van der Waals surface area contributed by atoms with Crippen molar-refractivity contribution in [3.05, 3.63) is 80.2 Å². The molecule has 35 heavy (non-hydrogen) atoms. The summed E-state index contributed by atoms with van der Waals surface area (Å²) in [6, 6.07) is 12.9. The molecule has 180 valence electrons. The molecule has 4 rings (SSSR count). The lowest BCUT2D eigenvalue weighted by atomic mass is 10.1. The van der Waals surface area contributed by atoms with Crippen LogP contribution in [-0.2, 0) is 11.0 Å². The van der Waals surface area contributed by atoms with Crippen molar-refractivity contribution in [2.24, 2.45) is 10.7 Å². The Hall–Kier alpha value is -3.54. The predicted octanol–water partition coefficient (Wildman–Crippen LogP) is 3.90. The van der Waals surface area contributed by atoms with Crippen molar-refractivity contribution in [2.75, 3.05) is 12.4 Å². The summed E-state index contributed by atoms with van der Waals surface area (Å²) in [4.78, 5) is 34.0. The van der Waals surface area contributed by atoms with E-state index in [-0.39, 0.29) is 5.56 Å². The number of nitrogens with zero attached hydrogens (tertiary/aromatic N) is 3. The molecule has 4 aromatic rings. The number of amidine groups is 1. The molecule has 2 amide bonds. The monoisotopic (exact) mass is 528 g/mol. The molecule has 0 saturated carbocycles. The summed E-state index contributed by atoms with van der Waals surface area (Å²) in [5.74, 6) is 0.853. The smallest absolute Gasteiger partial charge is 0.331 e. The lowest BCUT2D eigenvalue weighted by Crippen LogP contribution is -2.30. The van der Waals surface area contributed by atoms with Crippen LogP contribution >= 0.6 is 22.9 Å². The highest BCUT2D eigenvalue weighted by Crippen LogP contribution is 2.28. The van der Waals surface area contributed by atoms with Gasteiger partial charge in [0, 0.05) is 18.3 Å². The number of urea groups is 1. The van der Waals surface area contributed by atoms with E-state index in [0.717, 1.165) is 16.9 Å². The molecule has 1 unspecified atom stereocenters. The van der Waals surface area contributed by atoms with Crippen molar-refractivity contribution in [1.82, 2.24) is 14.3 Å². The van der Waals surface area contributed by atoms with Crippen molar-refractivity contribution in [2.45, 2.75) is 18.1 Å². The van der Waals surface area contributed by atoms with Gasteiger partial charge in [-0.15, -0.1) is 11.3 Å². The average molecular weight is 529 g/mol. The SMILES string of the molecule is CN=C(N)c1ccc2c(=O)n(-c3ccc(NC(=O)NS(=O)c4sc(Cl)cc4C)cc3)c(C)nc2c1. The van der Waals surface area contributed by atoms with Crippen LogP contribution in [-0.4, -0.2) is 32.7 Å². The fourth-order valence-electron chi connectivity index (χ4n) is 3.48. The van der Waals surface area contributed by atoms with E-state index in [1.54, 1.807) is 69.4 Å². The molecule has 9 nitrogen and oxygen atoms in total. The summed E-state index contributed by atoms with van der Waals surface area (Å²) in [5.41, 5.74) is 8.65. The maximum absolute atomic E-state index is 13.2. The van der Waals surface area contributed by atoms with E-state index in [0.29, 0.717) is 48.0 Å². The first-order valence-corrected chi connectivity index (χ1v) is 12.6. The molecule has 0 spiro atoms. The molecule has 0 aliphatic heterocycles. The molecule has 0 aliphatic carbocycles. The van der Waals surface area contributed by atoms with Gasteiger partial charge in [-0.25, -0.2) is 14.0 Å². The molecule has 0 bridgehead atoms. The van der Waals surface area contributed by atoms with Crippen molar-refractivity contribution in [3.8, 4) is 5.69 Å². The minimum atomic E-state index is -1.73. The van der Waals surface area contributed by atoms with Gasteiger partial charge in [0.1, 0.15) is 15.9 Å². The number of aromatic nitrogens is 2. The molecular formula is C23H21ClN6O3S2. The van der Waals surface area contributed by atoms with E-state index in [1.807, 2.05) is 0 Å². The summed E-state index contributed by atoms with van der Waals surface area (Å²) in [5, 5.41) is 3.07. The molecule has 0 saturated heterocycles. The fraction of sp³-hybridized carbons (Fsp3) is 0.130. The molecule has 1 atom stereocenters. The minimum Gasteiger partial charge on any atom is -0.384 e. The maximum atomic E-state index is 13.2. The highest BCUT2D eigenvalue weighted by Gasteiger charge is 2.15. The van der Waals surface area contributed by atoms with Crippen molar-refractivity contribution < 1.29 is 9.00 Å². The van der Waals surface area contributed by atoms with Crippen LogP contribution < -0.4 is 21.3 Å². The lowest BCUT2D eigenvalue weighted by molar-refractivity contribution is 0.257. The van der Waals surface area contributed by atoms with Gasteiger partial charge in [-0.1, -0.05) is 17.7 Å². The Bertz CT molecular complexity index is 1560. The summed E-state index contributed by atoms with van der Waals surface area (Å²) >= 11 is 7.09. The Balaban J connectivity index is 1.54. The molecule has 2 aromatic carbocycles. The van der Waals surface area contributed by atoms with Gasteiger partial charge in [0.2, 0.25) is 0 Å². The second kappa shape index (κ2) is 9.98. The van der Waals surface area contributed by atoms with Crippen LogP contribution in [0.3, 0.4) is 0 Å². The summed E-state index contributed by atoms with van der Waals surface area (Å²) in [6.45, 7) is 3.51. The molecule has 4 N–H and O–H groups in total. The van der Waals surface area contributed by atoms with Crippen molar-refractivity contribution in [1.29, 1.82) is 0 Å². The van der Waals surface area contributed by atoms with Crippen molar-refractivity contribution in [3.63, 3.8) is 0 Å². The maximum Gasteiger partial charge on any atom is 0.331 e. The van der Waals surface area contributed by atoms with E-state index in [4.69, 9.17) is 17.3 Å². The van der Waals surface area contributed by atoms with E-state index < -0.39 is 17.0 Å². The Morgan fingerprint density at radius 2 is 1.89 bits per heavy atom. The predicted molar refractivity (Wildman–Crippen MR) is 141 cm³/mol. The van der Waals surface area contributed by atoms with E-state index in [2.05, 4.69) is 20.0 Å². The van der Waals surface area contributed by atoms with E-state index in [1.165, 1.54) is 4.57 Å². The number of halogens is 1. The van der Waals surface area contributed by atoms with Crippen LogP contribution in [0.15, 0.2) is 62.5 Å². The van der Waals surface area contributed by atoms with Gasteiger partial charge in [-0.05, 0) is 61.9 Å². The Morgan fingerprint density at radius 1 is 1.17 bits per heavy atom. The van der Waals surface area contributed by atoms with E-state index in [9.17, 15) is 13.8 Å². The standard InChI is InChI=1S/C23H21ClN6O3S2/c1-12-10-19(24)34-22(12)35(33)29-23(32)28-15-5-7-16(8-6-15)30-13(2)27-18-11-14(20(25)26-3)4-9-17(18)21(30)31/h4-11H,1-3H3,(H2,25,26)(H2,28,29,32). The zero-order valence-corrected chi connectivity index (χ0v) is 21.3. The molecule has 0 radical (unpaired) electrons. The van der Waals surface area contributed by atoms with E-state index >= 15 is 0 Å². The lowest BCUT2D eigenvalue weighted by Gasteiger charge is -2.13. The molecular weight excluding hydrogens is 508 g/mol. The van der Waals surface area contributed by atoms with Crippen LogP contribution in [0, 0.1) is 13.8 Å². The van der Waals surface area contributed by atoms with Gasteiger partial charge in [0.05, 0.1) is 20.9 Å². The van der Waals surface area contributed by atoms with Gasteiger partial charge in [-0.3, -0.25) is 19.1 Å². The topological polar surface area (TPSA) is 131 Å². The second-order valence-electron chi connectivity index (χ2n) is 7.53. The minimum absolute atomic E-state index is 0.232. The molecule has 12 heteroatoms. The third-order valence-corrected chi connectivity index (χ3v) is 8.05. The number of hydrogen-bond acceptors (Lipinski definition) is 6.